The van der Waals surface area contributed by atoms with Crippen LogP contribution in [0, 0.1) is 5.92 Å². The quantitative estimate of drug-likeness (QED) is 0.878. The van der Waals surface area contributed by atoms with Gasteiger partial charge in [-0.25, -0.2) is 0 Å². The molecule has 21 heavy (non-hydrogen) atoms. The maximum Gasteiger partial charge on any atom is 0.0468 e. The number of piperidine rings is 1. The SMILES string of the molecule is CC(c1ccc(Cl)cc1Cl)N1CCCC(C2CCCN2)C1. The molecule has 0 radical (unpaired) electrons. The number of hydrogen-bond acceptors (Lipinski definition) is 2. The summed E-state index contributed by atoms with van der Waals surface area (Å²) >= 11 is 12.4. The zero-order chi connectivity index (χ0) is 14.8. The molecule has 1 aromatic rings. The van der Waals surface area contributed by atoms with Crippen LogP contribution < -0.4 is 5.32 Å². The molecule has 2 saturated heterocycles. The van der Waals surface area contributed by atoms with Gasteiger partial charge in [0.05, 0.1) is 0 Å². The maximum atomic E-state index is 6.38. The maximum absolute atomic E-state index is 6.38. The molecule has 2 fully saturated rings. The van der Waals surface area contributed by atoms with E-state index in [0.717, 1.165) is 17.0 Å². The molecule has 3 unspecified atom stereocenters. The Labute approximate surface area is 137 Å². The second kappa shape index (κ2) is 6.87. The molecule has 1 aromatic carbocycles. The van der Waals surface area contributed by atoms with Gasteiger partial charge in [0.1, 0.15) is 0 Å². The van der Waals surface area contributed by atoms with E-state index in [4.69, 9.17) is 23.2 Å². The van der Waals surface area contributed by atoms with Gasteiger partial charge in [0.15, 0.2) is 0 Å². The molecule has 0 amide bonds. The van der Waals surface area contributed by atoms with Crippen LogP contribution in [0.1, 0.15) is 44.2 Å². The molecule has 0 bridgehead atoms. The van der Waals surface area contributed by atoms with Crippen molar-refractivity contribution in [3.63, 3.8) is 0 Å². The molecule has 2 aliphatic heterocycles. The number of hydrogen-bond donors (Lipinski definition) is 1. The minimum absolute atomic E-state index is 0.360. The van der Waals surface area contributed by atoms with Crippen LogP contribution in [0.2, 0.25) is 10.0 Å². The Morgan fingerprint density at radius 3 is 2.81 bits per heavy atom. The van der Waals surface area contributed by atoms with Crippen molar-refractivity contribution in [1.82, 2.24) is 10.2 Å². The van der Waals surface area contributed by atoms with Gasteiger partial charge in [-0.3, -0.25) is 4.90 Å². The molecule has 2 aliphatic rings. The molecule has 0 saturated carbocycles. The minimum Gasteiger partial charge on any atom is -0.314 e. The Kier molecular flexibility index (Phi) is 5.11. The first-order valence-electron chi connectivity index (χ1n) is 8.07. The number of rotatable bonds is 3. The van der Waals surface area contributed by atoms with Gasteiger partial charge in [0.2, 0.25) is 0 Å². The van der Waals surface area contributed by atoms with Gasteiger partial charge in [0.25, 0.3) is 0 Å². The summed E-state index contributed by atoms with van der Waals surface area (Å²) in [5.41, 5.74) is 1.20. The highest BCUT2D eigenvalue weighted by Crippen LogP contribution is 2.33. The molecule has 2 heterocycles. The van der Waals surface area contributed by atoms with Gasteiger partial charge < -0.3 is 5.32 Å². The second-order valence-corrected chi connectivity index (χ2v) is 7.29. The van der Waals surface area contributed by atoms with Crippen molar-refractivity contribution in [2.75, 3.05) is 19.6 Å². The smallest absolute Gasteiger partial charge is 0.0468 e. The molecule has 2 nitrogen and oxygen atoms in total. The average molecular weight is 327 g/mol. The fourth-order valence-electron chi connectivity index (χ4n) is 3.87. The Bertz CT molecular complexity index is 486. The molecular weight excluding hydrogens is 303 g/mol. The first-order chi connectivity index (χ1) is 10.1. The minimum atomic E-state index is 0.360. The van der Waals surface area contributed by atoms with Crippen molar-refractivity contribution in [3.05, 3.63) is 33.8 Å². The summed E-state index contributed by atoms with van der Waals surface area (Å²) in [5.74, 6) is 0.787. The number of likely N-dealkylation sites (tertiary alicyclic amines) is 1. The van der Waals surface area contributed by atoms with Crippen molar-refractivity contribution >= 4 is 23.2 Å². The third-order valence-corrected chi connectivity index (χ3v) is 5.68. The lowest BCUT2D eigenvalue weighted by molar-refractivity contribution is 0.115. The van der Waals surface area contributed by atoms with Gasteiger partial charge in [-0.2, -0.15) is 0 Å². The highest BCUT2D eigenvalue weighted by Gasteiger charge is 2.31. The summed E-state index contributed by atoms with van der Waals surface area (Å²) in [6.07, 6.45) is 5.32. The van der Waals surface area contributed by atoms with Crippen molar-refractivity contribution in [2.24, 2.45) is 5.92 Å². The van der Waals surface area contributed by atoms with E-state index in [-0.39, 0.29) is 0 Å². The molecular formula is C17H24Cl2N2. The first kappa shape index (κ1) is 15.6. The molecule has 1 N–H and O–H groups in total. The first-order valence-corrected chi connectivity index (χ1v) is 8.83. The zero-order valence-corrected chi connectivity index (χ0v) is 14.1. The number of nitrogens with zero attached hydrogens (tertiary/aromatic N) is 1. The highest BCUT2D eigenvalue weighted by atomic mass is 35.5. The zero-order valence-electron chi connectivity index (χ0n) is 12.6. The van der Waals surface area contributed by atoms with Crippen LogP contribution in [0.25, 0.3) is 0 Å². The van der Waals surface area contributed by atoms with Gasteiger partial charge >= 0.3 is 0 Å². The summed E-state index contributed by atoms with van der Waals surface area (Å²) in [6.45, 7) is 5.81. The summed E-state index contributed by atoms with van der Waals surface area (Å²) in [6, 6.07) is 6.96. The van der Waals surface area contributed by atoms with Crippen molar-refractivity contribution < 1.29 is 0 Å². The molecule has 116 valence electrons. The van der Waals surface area contributed by atoms with E-state index in [0.29, 0.717) is 11.1 Å². The predicted molar refractivity (Wildman–Crippen MR) is 90.2 cm³/mol. The molecule has 3 rings (SSSR count). The Morgan fingerprint density at radius 1 is 1.24 bits per heavy atom. The standard InChI is InChI=1S/C17H24Cl2N2/c1-12(15-7-6-14(18)10-16(15)19)21-9-3-4-13(11-21)17-5-2-8-20-17/h6-7,10,12-13,17,20H,2-5,8-9,11H2,1H3. The molecule has 4 heteroatoms. The molecule has 3 atom stereocenters. The number of nitrogens with one attached hydrogen (secondary N) is 1. The van der Waals surface area contributed by atoms with E-state index in [1.54, 1.807) is 0 Å². The fraction of sp³-hybridized carbons (Fsp3) is 0.647. The number of benzene rings is 1. The predicted octanol–water partition coefficient (Wildman–Crippen LogP) is 4.52. The molecule has 0 aliphatic carbocycles. The van der Waals surface area contributed by atoms with Gasteiger partial charge in [0, 0.05) is 28.7 Å². The summed E-state index contributed by atoms with van der Waals surface area (Å²) in [5, 5.41) is 5.17. The van der Waals surface area contributed by atoms with Gasteiger partial charge in [-0.1, -0.05) is 29.3 Å². The Hall–Kier alpha value is -0.280. The summed E-state index contributed by atoms with van der Waals surface area (Å²) < 4.78 is 0. The van der Waals surface area contributed by atoms with E-state index in [1.165, 1.54) is 50.9 Å². The van der Waals surface area contributed by atoms with Gasteiger partial charge in [-0.15, -0.1) is 0 Å². The van der Waals surface area contributed by atoms with Gasteiger partial charge in [-0.05, 0) is 69.3 Å². The van der Waals surface area contributed by atoms with Crippen LogP contribution >= 0.6 is 23.2 Å². The average Bonchev–Trinajstić information content (AvgIpc) is 3.01. The third-order valence-electron chi connectivity index (χ3n) is 5.12. The lowest BCUT2D eigenvalue weighted by atomic mass is 9.88. The van der Waals surface area contributed by atoms with Crippen LogP contribution in [0.15, 0.2) is 18.2 Å². The summed E-state index contributed by atoms with van der Waals surface area (Å²) in [7, 11) is 0. The van der Waals surface area contributed by atoms with E-state index in [9.17, 15) is 0 Å². The van der Waals surface area contributed by atoms with E-state index in [1.807, 2.05) is 12.1 Å². The van der Waals surface area contributed by atoms with Crippen LogP contribution in [0.5, 0.6) is 0 Å². The van der Waals surface area contributed by atoms with Crippen molar-refractivity contribution in [2.45, 2.75) is 44.7 Å². The third kappa shape index (κ3) is 3.56. The largest absolute Gasteiger partial charge is 0.314 e. The monoisotopic (exact) mass is 326 g/mol. The summed E-state index contributed by atoms with van der Waals surface area (Å²) in [4.78, 5) is 2.59. The second-order valence-electron chi connectivity index (χ2n) is 6.44. The van der Waals surface area contributed by atoms with E-state index >= 15 is 0 Å². The molecule has 0 aromatic heterocycles. The Balaban J connectivity index is 1.70. The van der Waals surface area contributed by atoms with Crippen LogP contribution in [-0.2, 0) is 0 Å². The lowest BCUT2D eigenvalue weighted by Crippen LogP contribution is -2.44. The fourth-order valence-corrected chi connectivity index (χ4v) is 4.44. The Morgan fingerprint density at radius 2 is 2.10 bits per heavy atom. The highest BCUT2D eigenvalue weighted by molar-refractivity contribution is 6.35. The topological polar surface area (TPSA) is 15.3 Å². The normalized spacial score (nSPS) is 28.7. The van der Waals surface area contributed by atoms with Crippen LogP contribution in [-0.4, -0.2) is 30.6 Å². The lowest BCUT2D eigenvalue weighted by Gasteiger charge is -2.39. The van der Waals surface area contributed by atoms with Crippen molar-refractivity contribution in [1.29, 1.82) is 0 Å². The van der Waals surface area contributed by atoms with Crippen molar-refractivity contribution in [3.8, 4) is 0 Å². The van der Waals surface area contributed by atoms with E-state index in [2.05, 4.69) is 23.2 Å². The molecule has 0 spiro atoms. The van der Waals surface area contributed by atoms with Crippen LogP contribution in [0.4, 0.5) is 0 Å². The van der Waals surface area contributed by atoms with Crippen LogP contribution in [0.3, 0.4) is 0 Å². The van der Waals surface area contributed by atoms with E-state index < -0.39 is 0 Å². The number of halogens is 2.